The monoisotopic (exact) mass is 300 g/mol. The van der Waals surface area contributed by atoms with Crippen LogP contribution in [0.1, 0.15) is 19.8 Å². The summed E-state index contributed by atoms with van der Waals surface area (Å²) in [5.41, 5.74) is 0.914. The Hall–Kier alpha value is -1.88. The number of rotatable bonds is 5. The van der Waals surface area contributed by atoms with E-state index < -0.39 is 0 Å². The van der Waals surface area contributed by atoms with Crippen molar-refractivity contribution in [3.63, 3.8) is 0 Å². The molecule has 22 heavy (non-hydrogen) atoms. The van der Waals surface area contributed by atoms with Crippen molar-refractivity contribution in [2.45, 2.75) is 19.8 Å². The molecule has 2 heterocycles. The predicted molar refractivity (Wildman–Crippen MR) is 89.4 cm³/mol. The van der Waals surface area contributed by atoms with E-state index in [1.54, 1.807) is 13.4 Å². The number of methoxy groups -OCH3 is 1. The van der Waals surface area contributed by atoms with Crippen LogP contribution < -0.4 is 10.1 Å². The molecule has 0 spiro atoms. The highest BCUT2D eigenvalue weighted by Gasteiger charge is 2.18. The van der Waals surface area contributed by atoms with Crippen LogP contribution in [0.2, 0.25) is 0 Å². The lowest BCUT2D eigenvalue weighted by molar-refractivity contribution is 0.198. The molecule has 0 bridgehead atoms. The molecular formula is C17H24N4O. The summed E-state index contributed by atoms with van der Waals surface area (Å²) in [7, 11) is 1.69. The number of hydrogen-bond acceptors (Lipinski definition) is 5. The number of piperidine rings is 1. The highest BCUT2D eigenvalue weighted by Crippen LogP contribution is 2.29. The van der Waals surface area contributed by atoms with Gasteiger partial charge in [0.1, 0.15) is 17.9 Å². The molecule has 1 aliphatic rings. The summed E-state index contributed by atoms with van der Waals surface area (Å²) in [6.45, 7) is 6.76. The van der Waals surface area contributed by atoms with Crippen LogP contribution in [0.15, 0.2) is 24.5 Å². The van der Waals surface area contributed by atoms with Crippen LogP contribution in [0.4, 0.5) is 5.82 Å². The fourth-order valence-corrected chi connectivity index (χ4v) is 3.13. The van der Waals surface area contributed by atoms with Gasteiger partial charge in [-0.25, -0.2) is 9.97 Å². The van der Waals surface area contributed by atoms with Gasteiger partial charge in [-0.1, -0.05) is 13.0 Å². The lowest BCUT2D eigenvalue weighted by atomic mass is 9.97. The maximum Gasteiger partial charge on any atom is 0.141 e. The summed E-state index contributed by atoms with van der Waals surface area (Å²) >= 11 is 0. The van der Waals surface area contributed by atoms with Crippen molar-refractivity contribution in [1.82, 2.24) is 14.9 Å². The molecular weight excluding hydrogens is 276 g/mol. The molecule has 0 atom stereocenters. The van der Waals surface area contributed by atoms with E-state index in [0.717, 1.165) is 35.6 Å². The van der Waals surface area contributed by atoms with Gasteiger partial charge in [-0.05, 0) is 50.5 Å². The molecule has 118 valence electrons. The van der Waals surface area contributed by atoms with E-state index in [4.69, 9.17) is 4.74 Å². The fraction of sp³-hybridized carbons (Fsp3) is 0.529. The van der Waals surface area contributed by atoms with Gasteiger partial charge in [-0.2, -0.15) is 0 Å². The van der Waals surface area contributed by atoms with Crippen molar-refractivity contribution in [3.8, 4) is 5.75 Å². The summed E-state index contributed by atoms with van der Waals surface area (Å²) < 4.78 is 5.46. The van der Waals surface area contributed by atoms with Crippen LogP contribution in [0.25, 0.3) is 10.9 Å². The van der Waals surface area contributed by atoms with Gasteiger partial charge in [0.15, 0.2) is 0 Å². The molecule has 2 aromatic rings. The molecule has 5 nitrogen and oxygen atoms in total. The summed E-state index contributed by atoms with van der Waals surface area (Å²) in [4.78, 5) is 11.3. The molecule has 0 unspecified atom stereocenters. The number of likely N-dealkylation sites (tertiary alicyclic amines) is 1. The molecule has 1 saturated heterocycles. The van der Waals surface area contributed by atoms with Crippen molar-refractivity contribution in [2.75, 3.05) is 38.6 Å². The maximum atomic E-state index is 5.46. The average Bonchev–Trinajstić information content (AvgIpc) is 2.59. The van der Waals surface area contributed by atoms with Gasteiger partial charge in [-0.3, -0.25) is 0 Å². The zero-order valence-corrected chi connectivity index (χ0v) is 13.4. The Balaban J connectivity index is 1.72. The third-order valence-electron chi connectivity index (χ3n) is 4.56. The molecule has 3 rings (SSSR count). The Morgan fingerprint density at radius 1 is 1.27 bits per heavy atom. The van der Waals surface area contributed by atoms with E-state index in [1.165, 1.54) is 25.9 Å². The zero-order chi connectivity index (χ0) is 15.4. The number of nitrogens with one attached hydrogen (secondary N) is 1. The molecule has 1 aromatic carbocycles. The SMILES string of the molecule is CCN1CCC(CNc2ncnc3cccc(OC)c23)CC1. The standard InChI is InChI=1S/C17H24N4O/c1-3-21-9-7-13(8-10-21)11-18-17-16-14(19-12-20-17)5-4-6-15(16)22-2/h4-6,12-13H,3,7-11H2,1-2H3,(H,18,19,20). The molecule has 1 fully saturated rings. The lowest BCUT2D eigenvalue weighted by Gasteiger charge is -2.31. The molecule has 0 amide bonds. The van der Waals surface area contributed by atoms with Crippen LogP contribution in [-0.4, -0.2) is 48.2 Å². The second kappa shape index (κ2) is 6.92. The Bertz CT molecular complexity index is 618. The lowest BCUT2D eigenvalue weighted by Crippen LogP contribution is -2.35. The second-order valence-electron chi connectivity index (χ2n) is 5.84. The van der Waals surface area contributed by atoms with E-state index in [2.05, 4.69) is 27.1 Å². The Morgan fingerprint density at radius 3 is 2.82 bits per heavy atom. The number of aromatic nitrogens is 2. The quantitative estimate of drug-likeness (QED) is 0.920. The first kappa shape index (κ1) is 15.0. The van der Waals surface area contributed by atoms with Crippen molar-refractivity contribution >= 4 is 16.7 Å². The van der Waals surface area contributed by atoms with E-state index in [-0.39, 0.29) is 0 Å². The van der Waals surface area contributed by atoms with Crippen molar-refractivity contribution in [3.05, 3.63) is 24.5 Å². The number of ether oxygens (including phenoxy) is 1. The first-order valence-electron chi connectivity index (χ1n) is 8.05. The minimum Gasteiger partial charge on any atom is -0.496 e. The molecule has 1 aromatic heterocycles. The highest BCUT2D eigenvalue weighted by atomic mass is 16.5. The van der Waals surface area contributed by atoms with E-state index in [9.17, 15) is 0 Å². The minimum atomic E-state index is 0.711. The minimum absolute atomic E-state index is 0.711. The summed E-state index contributed by atoms with van der Waals surface area (Å²) in [6.07, 6.45) is 4.12. The second-order valence-corrected chi connectivity index (χ2v) is 5.84. The molecule has 0 aliphatic carbocycles. The van der Waals surface area contributed by atoms with Gasteiger partial charge in [0.05, 0.1) is 18.0 Å². The van der Waals surface area contributed by atoms with Crippen molar-refractivity contribution in [1.29, 1.82) is 0 Å². The van der Waals surface area contributed by atoms with E-state index in [1.807, 2.05) is 18.2 Å². The average molecular weight is 300 g/mol. The first-order chi connectivity index (χ1) is 10.8. The van der Waals surface area contributed by atoms with Crippen LogP contribution in [-0.2, 0) is 0 Å². The number of hydrogen-bond donors (Lipinski definition) is 1. The summed E-state index contributed by atoms with van der Waals surface area (Å²) in [5, 5.41) is 4.49. The van der Waals surface area contributed by atoms with Crippen LogP contribution in [0.3, 0.4) is 0 Å². The molecule has 1 aliphatic heterocycles. The van der Waals surface area contributed by atoms with Crippen LogP contribution >= 0.6 is 0 Å². The van der Waals surface area contributed by atoms with Gasteiger partial charge in [0.25, 0.3) is 0 Å². The normalized spacial score (nSPS) is 16.8. The van der Waals surface area contributed by atoms with Crippen molar-refractivity contribution in [2.24, 2.45) is 5.92 Å². The smallest absolute Gasteiger partial charge is 0.141 e. The molecule has 1 N–H and O–H groups in total. The van der Waals surface area contributed by atoms with Gasteiger partial charge in [0, 0.05) is 6.54 Å². The molecule has 5 heteroatoms. The fourth-order valence-electron chi connectivity index (χ4n) is 3.13. The summed E-state index contributed by atoms with van der Waals surface area (Å²) in [6, 6.07) is 5.90. The van der Waals surface area contributed by atoms with Crippen LogP contribution in [0.5, 0.6) is 5.75 Å². The van der Waals surface area contributed by atoms with Gasteiger partial charge in [-0.15, -0.1) is 0 Å². The third kappa shape index (κ3) is 3.14. The Morgan fingerprint density at radius 2 is 2.09 bits per heavy atom. The van der Waals surface area contributed by atoms with Gasteiger partial charge in [0.2, 0.25) is 0 Å². The van der Waals surface area contributed by atoms with E-state index in [0.29, 0.717) is 5.92 Å². The van der Waals surface area contributed by atoms with Crippen LogP contribution in [0, 0.1) is 5.92 Å². The molecule has 0 radical (unpaired) electrons. The molecule has 0 saturated carbocycles. The predicted octanol–water partition coefficient (Wildman–Crippen LogP) is 2.78. The topological polar surface area (TPSA) is 50.3 Å². The first-order valence-corrected chi connectivity index (χ1v) is 8.05. The zero-order valence-electron chi connectivity index (χ0n) is 13.4. The number of benzene rings is 1. The third-order valence-corrected chi connectivity index (χ3v) is 4.56. The largest absolute Gasteiger partial charge is 0.496 e. The maximum absolute atomic E-state index is 5.46. The van der Waals surface area contributed by atoms with E-state index >= 15 is 0 Å². The Kier molecular flexibility index (Phi) is 4.73. The number of fused-ring (bicyclic) bond motifs is 1. The number of anilines is 1. The highest BCUT2D eigenvalue weighted by molar-refractivity contribution is 5.94. The van der Waals surface area contributed by atoms with Crippen molar-refractivity contribution < 1.29 is 4.74 Å². The van der Waals surface area contributed by atoms with Gasteiger partial charge >= 0.3 is 0 Å². The number of nitrogens with zero attached hydrogens (tertiary/aromatic N) is 3. The summed E-state index contributed by atoms with van der Waals surface area (Å²) in [5.74, 6) is 2.41. The van der Waals surface area contributed by atoms with Gasteiger partial charge < -0.3 is 15.0 Å². The Labute approximate surface area is 131 Å².